The Morgan fingerprint density at radius 2 is 2.21 bits per heavy atom. The molecule has 0 radical (unpaired) electrons. The number of aromatic nitrogens is 2. The third-order valence-electron chi connectivity index (χ3n) is 3.13. The highest BCUT2D eigenvalue weighted by atomic mass is 16.5. The van der Waals surface area contributed by atoms with Gasteiger partial charge in [-0.3, -0.25) is 4.68 Å². The average Bonchev–Trinajstić information content (AvgIpc) is 2.79. The van der Waals surface area contributed by atoms with Crippen molar-refractivity contribution in [1.29, 1.82) is 0 Å². The number of nitrogens with zero attached hydrogens (tertiary/aromatic N) is 2. The quantitative estimate of drug-likeness (QED) is 0.718. The largest absolute Gasteiger partial charge is 0.381 e. The summed E-state index contributed by atoms with van der Waals surface area (Å²) in [4.78, 5) is 0. The van der Waals surface area contributed by atoms with Crippen molar-refractivity contribution in [3.8, 4) is 0 Å². The van der Waals surface area contributed by atoms with Crippen LogP contribution in [0.5, 0.6) is 0 Å². The Labute approximate surface area is 83.2 Å². The third-order valence-corrected chi connectivity index (χ3v) is 3.13. The van der Waals surface area contributed by atoms with E-state index in [1.54, 1.807) is 0 Å². The van der Waals surface area contributed by atoms with E-state index < -0.39 is 0 Å². The summed E-state index contributed by atoms with van der Waals surface area (Å²) < 4.78 is 7.57. The highest BCUT2D eigenvalue weighted by molar-refractivity contribution is 5.22. The van der Waals surface area contributed by atoms with Crippen molar-refractivity contribution >= 4 is 0 Å². The SMILES string of the molecule is c1nn(C2CCOCC2)c2c1CNC2. The lowest BCUT2D eigenvalue weighted by atomic mass is 10.1. The second-order valence-electron chi connectivity index (χ2n) is 4.01. The van der Waals surface area contributed by atoms with Gasteiger partial charge < -0.3 is 10.1 Å². The fourth-order valence-electron chi connectivity index (χ4n) is 2.33. The molecular formula is C10H15N3O. The van der Waals surface area contributed by atoms with E-state index in [2.05, 4.69) is 15.1 Å². The van der Waals surface area contributed by atoms with Crippen molar-refractivity contribution < 1.29 is 4.74 Å². The molecule has 3 rings (SSSR count). The maximum Gasteiger partial charge on any atom is 0.0570 e. The Bertz CT molecular complexity index is 328. The lowest BCUT2D eigenvalue weighted by molar-refractivity contribution is 0.0654. The first-order chi connectivity index (χ1) is 6.95. The van der Waals surface area contributed by atoms with Gasteiger partial charge in [-0.25, -0.2) is 0 Å². The lowest BCUT2D eigenvalue weighted by Gasteiger charge is -2.23. The van der Waals surface area contributed by atoms with E-state index in [4.69, 9.17) is 4.74 Å². The monoisotopic (exact) mass is 193 g/mol. The summed E-state index contributed by atoms with van der Waals surface area (Å²) in [5.74, 6) is 0. The highest BCUT2D eigenvalue weighted by Crippen LogP contribution is 2.25. The number of hydrogen-bond acceptors (Lipinski definition) is 3. The molecule has 0 saturated carbocycles. The topological polar surface area (TPSA) is 39.1 Å². The summed E-state index contributed by atoms with van der Waals surface area (Å²) >= 11 is 0. The molecule has 3 heterocycles. The van der Waals surface area contributed by atoms with E-state index in [1.807, 2.05) is 6.20 Å². The molecule has 76 valence electrons. The van der Waals surface area contributed by atoms with Crippen LogP contribution in [0.2, 0.25) is 0 Å². The van der Waals surface area contributed by atoms with Gasteiger partial charge in [-0.1, -0.05) is 0 Å². The van der Waals surface area contributed by atoms with Gasteiger partial charge in [0.25, 0.3) is 0 Å². The van der Waals surface area contributed by atoms with Crippen LogP contribution in [-0.2, 0) is 17.8 Å². The van der Waals surface area contributed by atoms with Crippen molar-refractivity contribution in [2.24, 2.45) is 0 Å². The molecular weight excluding hydrogens is 178 g/mol. The zero-order valence-corrected chi connectivity index (χ0v) is 8.20. The number of fused-ring (bicyclic) bond motifs is 1. The van der Waals surface area contributed by atoms with Crippen LogP contribution >= 0.6 is 0 Å². The zero-order valence-electron chi connectivity index (χ0n) is 8.20. The maximum atomic E-state index is 5.36. The van der Waals surface area contributed by atoms with Gasteiger partial charge >= 0.3 is 0 Å². The molecule has 0 aromatic carbocycles. The minimum Gasteiger partial charge on any atom is -0.381 e. The fourth-order valence-corrected chi connectivity index (χ4v) is 2.33. The van der Waals surface area contributed by atoms with Gasteiger partial charge in [0.05, 0.1) is 17.9 Å². The van der Waals surface area contributed by atoms with E-state index in [0.717, 1.165) is 39.1 Å². The summed E-state index contributed by atoms with van der Waals surface area (Å²) in [5, 5.41) is 7.84. The summed E-state index contributed by atoms with van der Waals surface area (Å²) in [5.41, 5.74) is 2.76. The fraction of sp³-hybridized carbons (Fsp3) is 0.700. The second kappa shape index (κ2) is 3.37. The number of nitrogens with one attached hydrogen (secondary N) is 1. The molecule has 4 nitrogen and oxygen atoms in total. The van der Waals surface area contributed by atoms with Gasteiger partial charge in [0.1, 0.15) is 0 Å². The smallest absolute Gasteiger partial charge is 0.0570 e. The molecule has 1 saturated heterocycles. The van der Waals surface area contributed by atoms with Gasteiger partial charge in [-0.15, -0.1) is 0 Å². The van der Waals surface area contributed by atoms with E-state index in [-0.39, 0.29) is 0 Å². The van der Waals surface area contributed by atoms with Crippen LogP contribution in [0.1, 0.15) is 30.1 Å². The molecule has 0 unspecified atom stereocenters. The van der Waals surface area contributed by atoms with Gasteiger partial charge in [0.15, 0.2) is 0 Å². The molecule has 0 bridgehead atoms. The van der Waals surface area contributed by atoms with Gasteiger partial charge in [-0.05, 0) is 12.8 Å². The Balaban J connectivity index is 1.88. The van der Waals surface area contributed by atoms with Crippen molar-refractivity contribution in [1.82, 2.24) is 15.1 Å². The first-order valence-corrected chi connectivity index (χ1v) is 5.29. The van der Waals surface area contributed by atoms with Crippen LogP contribution in [0.25, 0.3) is 0 Å². The molecule has 0 amide bonds. The zero-order chi connectivity index (χ0) is 9.38. The maximum absolute atomic E-state index is 5.36. The van der Waals surface area contributed by atoms with Crippen LogP contribution in [0.15, 0.2) is 6.20 Å². The molecule has 0 aliphatic carbocycles. The average molecular weight is 193 g/mol. The van der Waals surface area contributed by atoms with E-state index in [0.29, 0.717) is 6.04 Å². The van der Waals surface area contributed by atoms with Crippen LogP contribution in [0.4, 0.5) is 0 Å². The van der Waals surface area contributed by atoms with Crippen molar-refractivity contribution in [3.63, 3.8) is 0 Å². The van der Waals surface area contributed by atoms with Gasteiger partial charge in [0, 0.05) is 31.9 Å². The molecule has 0 atom stereocenters. The van der Waals surface area contributed by atoms with Gasteiger partial charge in [-0.2, -0.15) is 5.10 Å². The van der Waals surface area contributed by atoms with Crippen LogP contribution in [-0.4, -0.2) is 23.0 Å². The number of hydrogen-bond donors (Lipinski definition) is 1. The van der Waals surface area contributed by atoms with Crippen molar-refractivity contribution in [2.75, 3.05) is 13.2 Å². The van der Waals surface area contributed by atoms with Crippen LogP contribution in [0, 0.1) is 0 Å². The summed E-state index contributed by atoms with van der Waals surface area (Å²) in [7, 11) is 0. The molecule has 1 fully saturated rings. The molecule has 1 aromatic heterocycles. The highest BCUT2D eigenvalue weighted by Gasteiger charge is 2.23. The molecule has 0 spiro atoms. The Morgan fingerprint density at radius 3 is 3.07 bits per heavy atom. The van der Waals surface area contributed by atoms with Crippen LogP contribution < -0.4 is 5.32 Å². The summed E-state index contributed by atoms with van der Waals surface area (Å²) in [6, 6.07) is 0.562. The van der Waals surface area contributed by atoms with E-state index >= 15 is 0 Å². The minimum absolute atomic E-state index is 0.562. The van der Waals surface area contributed by atoms with E-state index in [9.17, 15) is 0 Å². The summed E-state index contributed by atoms with van der Waals surface area (Å²) in [6.07, 6.45) is 4.22. The Morgan fingerprint density at radius 1 is 1.36 bits per heavy atom. The Hall–Kier alpha value is -0.870. The number of rotatable bonds is 1. The molecule has 1 aromatic rings. The predicted molar refractivity (Wildman–Crippen MR) is 51.9 cm³/mol. The summed E-state index contributed by atoms with van der Waals surface area (Å²) in [6.45, 7) is 3.73. The van der Waals surface area contributed by atoms with E-state index in [1.165, 1.54) is 11.3 Å². The molecule has 2 aliphatic rings. The molecule has 14 heavy (non-hydrogen) atoms. The van der Waals surface area contributed by atoms with Crippen LogP contribution in [0.3, 0.4) is 0 Å². The minimum atomic E-state index is 0.562. The second-order valence-corrected chi connectivity index (χ2v) is 4.01. The predicted octanol–water partition coefficient (Wildman–Crippen LogP) is 0.838. The molecule has 1 N–H and O–H groups in total. The molecule has 2 aliphatic heterocycles. The third kappa shape index (κ3) is 1.26. The van der Waals surface area contributed by atoms with Crippen molar-refractivity contribution in [2.45, 2.75) is 32.0 Å². The molecule has 4 heteroatoms. The standard InChI is InChI=1S/C10H15N3O/c1-3-14-4-2-9(1)13-10-7-11-5-8(10)6-12-13/h6,9,11H,1-5,7H2. The first-order valence-electron chi connectivity index (χ1n) is 5.29. The Kier molecular flexibility index (Phi) is 2.03. The first kappa shape index (κ1) is 8.44. The number of ether oxygens (including phenoxy) is 1. The normalized spacial score (nSPS) is 22.6. The lowest BCUT2D eigenvalue weighted by Crippen LogP contribution is -2.22. The van der Waals surface area contributed by atoms with Gasteiger partial charge in [0.2, 0.25) is 0 Å². The van der Waals surface area contributed by atoms with Crippen molar-refractivity contribution in [3.05, 3.63) is 17.5 Å².